The summed E-state index contributed by atoms with van der Waals surface area (Å²) in [5.74, 6) is 1.43. The summed E-state index contributed by atoms with van der Waals surface area (Å²) in [6, 6.07) is 5.65. The van der Waals surface area contributed by atoms with Crippen molar-refractivity contribution >= 4 is 23.4 Å². The van der Waals surface area contributed by atoms with E-state index in [-0.39, 0.29) is 5.97 Å². The SMILES string of the molecule is COC(=O)c1ccc2c(c1)SCC(C)CN2. The van der Waals surface area contributed by atoms with Crippen molar-refractivity contribution in [3.8, 4) is 0 Å². The smallest absolute Gasteiger partial charge is 0.337 e. The zero-order valence-corrected chi connectivity index (χ0v) is 10.3. The van der Waals surface area contributed by atoms with Crippen molar-refractivity contribution in [2.24, 2.45) is 5.92 Å². The van der Waals surface area contributed by atoms with Crippen molar-refractivity contribution in [1.82, 2.24) is 0 Å². The van der Waals surface area contributed by atoms with Crippen molar-refractivity contribution < 1.29 is 9.53 Å². The molecule has 1 heterocycles. The lowest BCUT2D eigenvalue weighted by Gasteiger charge is -2.08. The van der Waals surface area contributed by atoms with E-state index in [1.165, 1.54) is 7.11 Å². The van der Waals surface area contributed by atoms with Gasteiger partial charge in [0.25, 0.3) is 0 Å². The van der Waals surface area contributed by atoms with E-state index >= 15 is 0 Å². The van der Waals surface area contributed by atoms with Gasteiger partial charge in [-0.15, -0.1) is 11.8 Å². The predicted molar refractivity (Wildman–Crippen MR) is 66.2 cm³/mol. The molecule has 1 atom stereocenters. The molecule has 1 N–H and O–H groups in total. The van der Waals surface area contributed by atoms with Crippen molar-refractivity contribution in [3.05, 3.63) is 23.8 Å². The first-order chi connectivity index (χ1) is 7.70. The summed E-state index contributed by atoms with van der Waals surface area (Å²) in [7, 11) is 1.40. The molecule has 0 aromatic heterocycles. The van der Waals surface area contributed by atoms with Crippen LogP contribution < -0.4 is 5.32 Å². The number of hydrogen-bond donors (Lipinski definition) is 1. The van der Waals surface area contributed by atoms with Gasteiger partial charge in [-0.25, -0.2) is 4.79 Å². The van der Waals surface area contributed by atoms with Gasteiger partial charge in [0.15, 0.2) is 0 Å². The van der Waals surface area contributed by atoms with Crippen LogP contribution in [0.25, 0.3) is 0 Å². The van der Waals surface area contributed by atoms with Gasteiger partial charge in [-0.1, -0.05) is 6.92 Å². The molecule has 16 heavy (non-hydrogen) atoms. The average Bonchev–Trinajstić information content (AvgIpc) is 2.50. The van der Waals surface area contributed by atoms with Gasteiger partial charge in [-0.05, 0) is 24.1 Å². The van der Waals surface area contributed by atoms with Crippen LogP contribution in [0.15, 0.2) is 23.1 Å². The Morgan fingerprint density at radius 3 is 3.12 bits per heavy atom. The van der Waals surface area contributed by atoms with Gasteiger partial charge in [0, 0.05) is 22.9 Å². The number of esters is 1. The summed E-state index contributed by atoms with van der Waals surface area (Å²) in [5.41, 5.74) is 1.73. The second-order valence-corrected chi connectivity index (χ2v) is 5.06. The predicted octanol–water partition coefficient (Wildman–Crippen LogP) is 2.63. The van der Waals surface area contributed by atoms with Crippen molar-refractivity contribution in [1.29, 1.82) is 0 Å². The van der Waals surface area contributed by atoms with E-state index in [1.54, 1.807) is 17.8 Å². The van der Waals surface area contributed by atoms with E-state index in [1.807, 2.05) is 12.1 Å². The third-order valence-electron chi connectivity index (χ3n) is 2.57. The Bertz CT molecular complexity index is 406. The monoisotopic (exact) mass is 237 g/mol. The van der Waals surface area contributed by atoms with Crippen molar-refractivity contribution in [2.45, 2.75) is 11.8 Å². The molecule has 2 rings (SSSR count). The number of anilines is 1. The van der Waals surface area contributed by atoms with Gasteiger partial charge in [-0.3, -0.25) is 0 Å². The van der Waals surface area contributed by atoms with Crippen molar-refractivity contribution in [3.63, 3.8) is 0 Å². The van der Waals surface area contributed by atoms with Crippen LogP contribution in [0.2, 0.25) is 0 Å². The number of methoxy groups -OCH3 is 1. The average molecular weight is 237 g/mol. The van der Waals surface area contributed by atoms with E-state index in [0.29, 0.717) is 11.5 Å². The molecule has 0 aliphatic carbocycles. The molecule has 1 aromatic carbocycles. The fourth-order valence-electron chi connectivity index (χ4n) is 1.61. The molecule has 86 valence electrons. The fraction of sp³-hybridized carbons (Fsp3) is 0.417. The van der Waals surface area contributed by atoms with Crippen LogP contribution in [0.4, 0.5) is 5.69 Å². The van der Waals surface area contributed by atoms with Gasteiger partial charge in [0.2, 0.25) is 0 Å². The molecule has 1 aliphatic heterocycles. The van der Waals surface area contributed by atoms with Gasteiger partial charge >= 0.3 is 5.97 Å². The van der Waals surface area contributed by atoms with Gasteiger partial charge < -0.3 is 10.1 Å². The summed E-state index contributed by atoms with van der Waals surface area (Å²) in [6.45, 7) is 3.20. The quantitative estimate of drug-likeness (QED) is 0.762. The Morgan fingerprint density at radius 2 is 2.38 bits per heavy atom. The van der Waals surface area contributed by atoms with Crippen LogP contribution in [-0.2, 0) is 4.74 Å². The molecule has 0 amide bonds. The highest BCUT2D eigenvalue weighted by atomic mass is 32.2. The largest absolute Gasteiger partial charge is 0.465 e. The first-order valence-corrected chi connectivity index (χ1v) is 6.28. The van der Waals surface area contributed by atoms with Crippen LogP contribution in [0.3, 0.4) is 0 Å². The zero-order valence-electron chi connectivity index (χ0n) is 9.45. The Balaban J connectivity index is 2.28. The summed E-state index contributed by atoms with van der Waals surface area (Å²) >= 11 is 1.79. The lowest BCUT2D eigenvalue weighted by molar-refractivity contribution is 0.0600. The molecule has 0 saturated carbocycles. The number of carbonyl (C=O) groups excluding carboxylic acids is 1. The van der Waals surface area contributed by atoms with E-state index in [9.17, 15) is 4.79 Å². The van der Waals surface area contributed by atoms with Crippen LogP contribution in [0.5, 0.6) is 0 Å². The Labute approximate surface area is 99.6 Å². The molecule has 0 spiro atoms. The van der Waals surface area contributed by atoms with E-state index in [4.69, 9.17) is 4.74 Å². The third-order valence-corrected chi connectivity index (χ3v) is 3.95. The molecule has 3 nitrogen and oxygen atoms in total. The minimum Gasteiger partial charge on any atom is -0.465 e. The normalized spacial score (nSPS) is 19.2. The van der Waals surface area contributed by atoms with Gasteiger partial charge in [-0.2, -0.15) is 0 Å². The number of hydrogen-bond acceptors (Lipinski definition) is 4. The highest BCUT2D eigenvalue weighted by Crippen LogP contribution is 2.32. The molecule has 0 radical (unpaired) electrons. The fourth-order valence-corrected chi connectivity index (χ4v) is 2.70. The molecule has 0 fully saturated rings. The Hall–Kier alpha value is -1.16. The molecular weight excluding hydrogens is 222 g/mol. The maximum Gasteiger partial charge on any atom is 0.337 e. The van der Waals surface area contributed by atoms with Crippen LogP contribution in [0, 0.1) is 5.92 Å². The van der Waals surface area contributed by atoms with Crippen LogP contribution in [0.1, 0.15) is 17.3 Å². The summed E-state index contributed by atoms with van der Waals surface area (Å²) in [4.78, 5) is 12.5. The maximum absolute atomic E-state index is 11.4. The lowest BCUT2D eigenvalue weighted by atomic mass is 10.2. The molecule has 4 heteroatoms. The second-order valence-electron chi connectivity index (χ2n) is 4.00. The number of benzene rings is 1. The molecule has 0 bridgehead atoms. The molecule has 1 aliphatic rings. The number of ether oxygens (including phenoxy) is 1. The van der Waals surface area contributed by atoms with Crippen LogP contribution in [-0.4, -0.2) is 25.4 Å². The topological polar surface area (TPSA) is 38.3 Å². The van der Waals surface area contributed by atoms with Gasteiger partial charge in [0.1, 0.15) is 0 Å². The standard InChI is InChI=1S/C12H15NO2S/c1-8-6-13-10-4-3-9(12(14)15-2)5-11(10)16-7-8/h3-5,8,13H,6-7H2,1-2H3. The van der Waals surface area contributed by atoms with E-state index in [0.717, 1.165) is 22.9 Å². The number of carbonyl (C=O) groups is 1. The first kappa shape index (κ1) is 11.3. The molecular formula is C12H15NO2S. The molecule has 1 aromatic rings. The van der Waals surface area contributed by atoms with Crippen molar-refractivity contribution in [2.75, 3.05) is 24.7 Å². The minimum atomic E-state index is -0.277. The summed E-state index contributed by atoms with van der Waals surface area (Å²) in [6.07, 6.45) is 0. The molecule has 1 unspecified atom stereocenters. The highest BCUT2D eigenvalue weighted by molar-refractivity contribution is 7.99. The van der Waals surface area contributed by atoms with Crippen LogP contribution >= 0.6 is 11.8 Å². The minimum absolute atomic E-state index is 0.277. The zero-order chi connectivity index (χ0) is 11.5. The highest BCUT2D eigenvalue weighted by Gasteiger charge is 2.15. The number of fused-ring (bicyclic) bond motifs is 1. The maximum atomic E-state index is 11.4. The summed E-state index contributed by atoms with van der Waals surface area (Å²) in [5, 5.41) is 3.39. The first-order valence-electron chi connectivity index (χ1n) is 5.29. The number of thioether (sulfide) groups is 1. The summed E-state index contributed by atoms with van der Waals surface area (Å²) < 4.78 is 4.71. The van der Waals surface area contributed by atoms with E-state index < -0.39 is 0 Å². The molecule has 0 saturated heterocycles. The third kappa shape index (κ3) is 2.32. The Morgan fingerprint density at radius 1 is 1.56 bits per heavy atom. The van der Waals surface area contributed by atoms with Gasteiger partial charge in [0.05, 0.1) is 12.7 Å². The Kier molecular flexibility index (Phi) is 3.39. The second kappa shape index (κ2) is 4.78. The number of rotatable bonds is 1. The lowest BCUT2D eigenvalue weighted by Crippen LogP contribution is -2.10. The van der Waals surface area contributed by atoms with E-state index in [2.05, 4.69) is 12.2 Å². The number of nitrogens with one attached hydrogen (secondary N) is 1.